The van der Waals surface area contributed by atoms with E-state index in [0.717, 1.165) is 50.8 Å². The number of fused-ring (bicyclic) bond motifs is 2. The molecule has 2 N–H and O–H groups in total. The molecular weight excluding hydrogens is 336 g/mol. The summed E-state index contributed by atoms with van der Waals surface area (Å²) >= 11 is 0. The third-order valence-electron chi connectivity index (χ3n) is 5.22. The zero-order chi connectivity index (χ0) is 18.4. The van der Waals surface area contributed by atoms with E-state index < -0.39 is 0 Å². The van der Waals surface area contributed by atoms with E-state index in [1.54, 1.807) is 6.20 Å². The number of nitrogens with one attached hydrogen (secondary N) is 2. The molecule has 0 bridgehead atoms. The molecule has 1 amide bonds. The van der Waals surface area contributed by atoms with E-state index in [0.29, 0.717) is 6.54 Å². The summed E-state index contributed by atoms with van der Waals surface area (Å²) in [5.41, 5.74) is 8.21. The maximum atomic E-state index is 12.0. The number of hydrogen-bond donors (Lipinski definition) is 2. The molecule has 5 heteroatoms. The Hall–Kier alpha value is -3.47. The van der Waals surface area contributed by atoms with Crippen LogP contribution >= 0.6 is 0 Å². The van der Waals surface area contributed by atoms with Crippen molar-refractivity contribution >= 4 is 16.9 Å². The molecule has 0 radical (unpaired) electrons. The van der Waals surface area contributed by atoms with Gasteiger partial charge in [-0.15, -0.1) is 0 Å². The summed E-state index contributed by atoms with van der Waals surface area (Å²) in [4.78, 5) is 24.1. The van der Waals surface area contributed by atoms with Gasteiger partial charge in [-0.25, -0.2) is 4.98 Å². The van der Waals surface area contributed by atoms with Crippen molar-refractivity contribution in [2.24, 2.45) is 0 Å². The van der Waals surface area contributed by atoms with Gasteiger partial charge >= 0.3 is 0 Å². The normalized spacial score (nSPS) is 13.4. The Morgan fingerprint density at radius 3 is 2.81 bits per heavy atom. The van der Waals surface area contributed by atoms with Crippen LogP contribution in [0.4, 0.5) is 0 Å². The summed E-state index contributed by atoms with van der Waals surface area (Å²) < 4.78 is 0. The molecule has 0 saturated heterocycles. The standard InChI is InChI=1S/C22H18N4O/c1-13-4-6-23-11-19(13)16-9-18-20(12-26-21(18)25-10-16)14-2-3-17-15(8-14)5-7-24-22(17)27/h2-4,6,8-12H,5,7H2,1H3,(H,24,27)(H,25,26). The molecule has 1 aliphatic heterocycles. The van der Waals surface area contributed by atoms with Crippen LogP contribution in [0.2, 0.25) is 0 Å². The van der Waals surface area contributed by atoms with Gasteiger partial charge in [0.25, 0.3) is 5.91 Å². The monoisotopic (exact) mass is 354 g/mol. The minimum atomic E-state index is 0.0118. The first-order chi connectivity index (χ1) is 13.2. The zero-order valence-corrected chi connectivity index (χ0v) is 14.9. The quantitative estimate of drug-likeness (QED) is 0.574. The second-order valence-electron chi connectivity index (χ2n) is 6.89. The lowest BCUT2D eigenvalue weighted by Crippen LogP contribution is -2.31. The predicted molar refractivity (Wildman–Crippen MR) is 106 cm³/mol. The van der Waals surface area contributed by atoms with Crippen LogP contribution in [0, 0.1) is 6.92 Å². The lowest BCUT2D eigenvalue weighted by Gasteiger charge is -2.17. The second-order valence-corrected chi connectivity index (χ2v) is 6.89. The summed E-state index contributed by atoms with van der Waals surface area (Å²) in [6.45, 7) is 2.77. The summed E-state index contributed by atoms with van der Waals surface area (Å²) in [5, 5.41) is 3.96. The van der Waals surface area contributed by atoms with E-state index in [9.17, 15) is 4.79 Å². The SMILES string of the molecule is Cc1ccncc1-c1cnc2[nH]cc(-c3ccc4c(c3)CCNC4=O)c2c1. The number of aromatic nitrogens is 3. The molecule has 132 valence electrons. The maximum absolute atomic E-state index is 12.0. The Labute approximate surface area is 156 Å². The molecule has 0 atom stereocenters. The molecule has 0 unspecified atom stereocenters. The Morgan fingerprint density at radius 1 is 1.00 bits per heavy atom. The van der Waals surface area contributed by atoms with Gasteiger partial charge in [0.1, 0.15) is 5.65 Å². The third-order valence-corrected chi connectivity index (χ3v) is 5.22. The first-order valence-corrected chi connectivity index (χ1v) is 9.00. The van der Waals surface area contributed by atoms with E-state index in [4.69, 9.17) is 0 Å². The summed E-state index contributed by atoms with van der Waals surface area (Å²) in [5.74, 6) is 0.0118. The Bertz CT molecular complexity index is 1190. The fourth-order valence-corrected chi connectivity index (χ4v) is 3.75. The zero-order valence-electron chi connectivity index (χ0n) is 14.9. The van der Waals surface area contributed by atoms with Crippen molar-refractivity contribution in [3.63, 3.8) is 0 Å². The summed E-state index contributed by atoms with van der Waals surface area (Å²) in [6.07, 6.45) is 8.40. The summed E-state index contributed by atoms with van der Waals surface area (Å²) in [7, 11) is 0. The number of carbonyl (C=O) groups is 1. The maximum Gasteiger partial charge on any atom is 0.251 e. The molecule has 3 aromatic heterocycles. The van der Waals surface area contributed by atoms with E-state index in [-0.39, 0.29) is 5.91 Å². The number of aromatic amines is 1. The molecule has 27 heavy (non-hydrogen) atoms. The highest BCUT2D eigenvalue weighted by molar-refractivity contribution is 5.99. The number of pyridine rings is 2. The van der Waals surface area contributed by atoms with Crippen molar-refractivity contribution in [2.45, 2.75) is 13.3 Å². The van der Waals surface area contributed by atoms with E-state index >= 15 is 0 Å². The Kier molecular flexibility index (Phi) is 3.53. The van der Waals surface area contributed by atoms with Crippen LogP contribution in [0.3, 0.4) is 0 Å². The second kappa shape index (κ2) is 6.06. The van der Waals surface area contributed by atoms with Crippen LogP contribution in [-0.2, 0) is 6.42 Å². The molecule has 0 spiro atoms. The van der Waals surface area contributed by atoms with E-state index in [2.05, 4.69) is 39.3 Å². The van der Waals surface area contributed by atoms with Crippen molar-refractivity contribution in [1.82, 2.24) is 20.3 Å². The fraction of sp³-hybridized carbons (Fsp3) is 0.136. The van der Waals surface area contributed by atoms with Crippen molar-refractivity contribution in [2.75, 3.05) is 6.54 Å². The third kappa shape index (κ3) is 2.59. The van der Waals surface area contributed by atoms with Gasteiger partial charge < -0.3 is 10.3 Å². The van der Waals surface area contributed by atoms with Gasteiger partial charge in [-0.3, -0.25) is 9.78 Å². The van der Waals surface area contributed by atoms with Gasteiger partial charge in [0.2, 0.25) is 0 Å². The average Bonchev–Trinajstić information content (AvgIpc) is 3.11. The molecular formula is C22H18N4O. The van der Waals surface area contributed by atoms with Crippen molar-refractivity contribution in [1.29, 1.82) is 0 Å². The average molecular weight is 354 g/mol. The van der Waals surface area contributed by atoms with Gasteiger partial charge in [-0.05, 0) is 48.2 Å². The largest absolute Gasteiger partial charge is 0.352 e. The molecule has 1 aromatic carbocycles. The van der Waals surface area contributed by atoms with Gasteiger partial charge in [0.05, 0.1) is 0 Å². The smallest absolute Gasteiger partial charge is 0.251 e. The number of H-pyrrole nitrogens is 1. The van der Waals surface area contributed by atoms with E-state index in [1.165, 1.54) is 5.56 Å². The molecule has 4 heterocycles. The van der Waals surface area contributed by atoms with Gasteiger partial charge in [-0.1, -0.05) is 12.1 Å². The lowest BCUT2D eigenvalue weighted by molar-refractivity contribution is 0.0946. The molecule has 0 aliphatic carbocycles. The van der Waals surface area contributed by atoms with Gasteiger partial charge in [0, 0.05) is 59.0 Å². The highest BCUT2D eigenvalue weighted by Gasteiger charge is 2.18. The highest BCUT2D eigenvalue weighted by atomic mass is 16.1. The molecule has 4 aromatic rings. The van der Waals surface area contributed by atoms with Crippen LogP contribution < -0.4 is 5.32 Å². The molecule has 5 nitrogen and oxygen atoms in total. The van der Waals surface area contributed by atoms with Gasteiger partial charge in [-0.2, -0.15) is 0 Å². The van der Waals surface area contributed by atoms with E-state index in [1.807, 2.05) is 36.8 Å². The number of carbonyl (C=O) groups excluding carboxylic acids is 1. The predicted octanol–water partition coefficient (Wildman–Crippen LogP) is 3.89. The number of rotatable bonds is 2. The van der Waals surface area contributed by atoms with Crippen LogP contribution in [0.25, 0.3) is 33.3 Å². The number of aryl methyl sites for hydroxylation is 1. The van der Waals surface area contributed by atoms with Crippen LogP contribution in [0.15, 0.2) is 55.1 Å². The van der Waals surface area contributed by atoms with Crippen LogP contribution in [0.5, 0.6) is 0 Å². The lowest BCUT2D eigenvalue weighted by atomic mass is 9.94. The van der Waals surface area contributed by atoms with Crippen LogP contribution in [-0.4, -0.2) is 27.4 Å². The van der Waals surface area contributed by atoms with Gasteiger partial charge in [0.15, 0.2) is 0 Å². The fourth-order valence-electron chi connectivity index (χ4n) is 3.75. The number of amides is 1. The Morgan fingerprint density at radius 2 is 1.93 bits per heavy atom. The Balaban J connectivity index is 1.65. The molecule has 1 aliphatic rings. The first-order valence-electron chi connectivity index (χ1n) is 9.00. The molecule has 5 rings (SSSR count). The minimum absolute atomic E-state index is 0.0118. The highest BCUT2D eigenvalue weighted by Crippen LogP contribution is 2.33. The number of nitrogens with zero attached hydrogens (tertiary/aromatic N) is 2. The number of benzene rings is 1. The molecule has 0 fully saturated rings. The van der Waals surface area contributed by atoms with Crippen molar-refractivity contribution in [3.05, 3.63) is 71.8 Å². The van der Waals surface area contributed by atoms with Crippen molar-refractivity contribution in [3.8, 4) is 22.3 Å². The number of hydrogen-bond acceptors (Lipinski definition) is 3. The summed E-state index contributed by atoms with van der Waals surface area (Å²) in [6, 6.07) is 10.2. The van der Waals surface area contributed by atoms with Crippen molar-refractivity contribution < 1.29 is 4.79 Å². The minimum Gasteiger partial charge on any atom is -0.352 e. The first kappa shape index (κ1) is 15.8. The molecule has 0 saturated carbocycles. The van der Waals surface area contributed by atoms with Crippen LogP contribution in [0.1, 0.15) is 21.5 Å². The topological polar surface area (TPSA) is 70.7 Å².